The number of amides is 1. The molecule has 3 rings (SSSR count). The third kappa shape index (κ3) is 5.11. The van der Waals surface area contributed by atoms with Crippen LogP contribution in [0.25, 0.3) is 0 Å². The minimum absolute atomic E-state index is 0.0262. The van der Waals surface area contributed by atoms with Crippen molar-refractivity contribution in [3.63, 3.8) is 0 Å². The maximum absolute atomic E-state index is 12.9. The first-order chi connectivity index (χ1) is 14.3. The number of ether oxygens (including phenoxy) is 1. The summed E-state index contributed by atoms with van der Waals surface area (Å²) < 4.78 is 33.3. The van der Waals surface area contributed by atoms with Gasteiger partial charge in [-0.2, -0.15) is 0 Å². The van der Waals surface area contributed by atoms with Gasteiger partial charge in [0.05, 0.1) is 12.1 Å². The van der Waals surface area contributed by atoms with Crippen LogP contribution in [0.3, 0.4) is 0 Å². The van der Waals surface area contributed by atoms with Gasteiger partial charge in [-0.05, 0) is 48.0 Å². The maximum Gasteiger partial charge on any atom is 0.263 e. The monoisotopic (exact) mass is 444 g/mol. The summed E-state index contributed by atoms with van der Waals surface area (Å²) in [6.45, 7) is 0.397. The molecule has 0 aliphatic rings. The van der Waals surface area contributed by atoms with Crippen LogP contribution in [0.1, 0.15) is 15.9 Å². The number of methoxy groups -OCH3 is 1. The van der Waals surface area contributed by atoms with Gasteiger partial charge in [0.2, 0.25) is 0 Å². The number of sulfonamides is 1. The minimum atomic E-state index is -4.00. The average Bonchev–Trinajstić information content (AvgIpc) is 2.74. The summed E-state index contributed by atoms with van der Waals surface area (Å²) in [5, 5.41) is 0.0262. The number of nitrogens with zero attached hydrogens (tertiary/aromatic N) is 1. The van der Waals surface area contributed by atoms with Crippen molar-refractivity contribution < 1.29 is 17.9 Å². The zero-order valence-electron chi connectivity index (χ0n) is 16.5. The summed E-state index contributed by atoms with van der Waals surface area (Å²) in [5.41, 5.74) is 1.55. The van der Waals surface area contributed by atoms with Crippen LogP contribution in [0, 0.1) is 0 Å². The molecule has 0 aliphatic heterocycles. The number of rotatable bonds is 7. The first kappa shape index (κ1) is 21.7. The molecule has 0 fully saturated rings. The first-order valence-electron chi connectivity index (χ1n) is 9.06. The smallest absolute Gasteiger partial charge is 0.263 e. The van der Waals surface area contributed by atoms with Gasteiger partial charge in [-0.15, -0.1) is 0 Å². The summed E-state index contributed by atoms with van der Waals surface area (Å²) in [6, 6.07) is 20.2. The third-order valence-electron chi connectivity index (χ3n) is 4.42. The number of halogens is 1. The molecule has 156 valence electrons. The predicted octanol–water partition coefficient (Wildman–Crippen LogP) is 4.42. The SMILES string of the molecule is COc1ccc(NS(=O)(=O)c2cc(C(=O)N(C)Cc3ccccc3)ccc2Cl)cc1. The van der Waals surface area contributed by atoms with E-state index in [0.29, 0.717) is 18.0 Å². The number of hydrogen-bond acceptors (Lipinski definition) is 4. The Morgan fingerprint density at radius 2 is 1.70 bits per heavy atom. The Bertz CT molecular complexity index is 1130. The summed E-state index contributed by atoms with van der Waals surface area (Å²) in [4.78, 5) is 14.2. The van der Waals surface area contributed by atoms with E-state index in [-0.39, 0.29) is 21.4 Å². The molecule has 3 aromatic rings. The highest BCUT2D eigenvalue weighted by Crippen LogP contribution is 2.26. The number of nitrogens with one attached hydrogen (secondary N) is 1. The van der Waals surface area contributed by atoms with Crippen LogP contribution < -0.4 is 9.46 Å². The van der Waals surface area contributed by atoms with Crippen LogP contribution in [0.5, 0.6) is 5.75 Å². The van der Waals surface area contributed by atoms with Crippen molar-refractivity contribution in [1.82, 2.24) is 4.90 Å². The molecule has 3 aromatic carbocycles. The van der Waals surface area contributed by atoms with Gasteiger partial charge in [0, 0.05) is 24.8 Å². The molecule has 0 bridgehead atoms. The Kier molecular flexibility index (Phi) is 6.64. The molecule has 0 aromatic heterocycles. The molecule has 0 radical (unpaired) electrons. The van der Waals surface area contributed by atoms with Gasteiger partial charge in [0.1, 0.15) is 10.6 Å². The van der Waals surface area contributed by atoms with Crippen LogP contribution in [0.4, 0.5) is 5.69 Å². The maximum atomic E-state index is 12.9. The number of hydrogen-bond donors (Lipinski definition) is 1. The van der Waals surface area contributed by atoms with Gasteiger partial charge in [-0.3, -0.25) is 9.52 Å². The Balaban J connectivity index is 1.83. The molecule has 0 atom stereocenters. The molecule has 0 spiro atoms. The van der Waals surface area contributed by atoms with Crippen molar-refractivity contribution in [2.24, 2.45) is 0 Å². The minimum Gasteiger partial charge on any atom is -0.497 e. The fraction of sp³-hybridized carbons (Fsp3) is 0.136. The summed E-state index contributed by atoms with van der Waals surface area (Å²) in [7, 11) is -0.813. The van der Waals surface area contributed by atoms with Crippen LogP contribution in [0.15, 0.2) is 77.7 Å². The molecule has 1 N–H and O–H groups in total. The summed E-state index contributed by atoms with van der Waals surface area (Å²) >= 11 is 6.14. The van der Waals surface area contributed by atoms with E-state index in [9.17, 15) is 13.2 Å². The molecule has 1 amide bonds. The number of carbonyl (C=O) groups excluding carboxylic acids is 1. The predicted molar refractivity (Wildman–Crippen MR) is 117 cm³/mol. The van der Waals surface area contributed by atoms with E-state index in [2.05, 4.69) is 4.72 Å². The van der Waals surface area contributed by atoms with Crippen molar-refractivity contribution in [2.45, 2.75) is 11.4 Å². The number of anilines is 1. The second-order valence-corrected chi connectivity index (χ2v) is 8.68. The normalized spacial score (nSPS) is 11.0. The van der Waals surface area contributed by atoms with Crippen molar-refractivity contribution in [3.05, 3.63) is 88.9 Å². The quantitative estimate of drug-likeness (QED) is 0.585. The lowest BCUT2D eigenvalue weighted by Gasteiger charge is -2.18. The molecule has 0 saturated heterocycles. The largest absolute Gasteiger partial charge is 0.497 e. The molecule has 30 heavy (non-hydrogen) atoms. The van der Waals surface area contributed by atoms with Crippen molar-refractivity contribution in [2.75, 3.05) is 18.9 Å². The topological polar surface area (TPSA) is 75.7 Å². The van der Waals surface area contributed by atoms with E-state index >= 15 is 0 Å². The van der Waals surface area contributed by atoms with Crippen molar-refractivity contribution >= 4 is 33.2 Å². The lowest BCUT2D eigenvalue weighted by Crippen LogP contribution is -2.26. The highest BCUT2D eigenvalue weighted by atomic mass is 35.5. The van der Waals surface area contributed by atoms with E-state index in [1.54, 1.807) is 31.3 Å². The van der Waals surface area contributed by atoms with Gasteiger partial charge in [-0.25, -0.2) is 8.42 Å². The van der Waals surface area contributed by atoms with E-state index in [0.717, 1.165) is 5.56 Å². The third-order valence-corrected chi connectivity index (χ3v) is 6.28. The van der Waals surface area contributed by atoms with E-state index in [1.165, 1.54) is 30.2 Å². The molecular formula is C22H21ClN2O4S. The van der Waals surface area contributed by atoms with Crippen molar-refractivity contribution in [3.8, 4) is 5.75 Å². The second-order valence-electron chi connectivity index (χ2n) is 6.63. The van der Waals surface area contributed by atoms with Gasteiger partial charge in [-0.1, -0.05) is 41.9 Å². The molecule has 8 heteroatoms. The number of benzene rings is 3. The van der Waals surface area contributed by atoms with Crippen LogP contribution in [0.2, 0.25) is 5.02 Å². The summed E-state index contributed by atoms with van der Waals surface area (Å²) in [6.07, 6.45) is 0. The number of carbonyl (C=O) groups is 1. The lowest BCUT2D eigenvalue weighted by atomic mass is 10.1. The fourth-order valence-electron chi connectivity index (χ4n) is 2.86. The second kappa shape index (κ2) is 9.19. The molecular weight excluding hydrogens is 424 g/mol. The Hall–Kier alpha value is -3.03. The van der Waals surface area contributed by atoms with E-state index < -0.39 is 10.0 Å². The molecule has 6 nitrogen and oxygen atoms in total. The van der Waals surface area contributed by atoms with Gasteiger partial charge in [0.15, 0.2) is 0 Å². The van der Waals surface area contributed by atoms with Gasteiger partial charge in [0.25, 0.3) is 15.9 Å². The van der Waals surface area contributed by atoms with Gasteiger partial charge >= 0.3 is 0 Å². The highest BCUT2D eigenvalue weighted by molar-refractivity contribution is 7.92. The van der Waals surface area contributed by atoms with Crippen molar-refractivity contribution in [1.29, 1.82) is 0 Å². The Labute approximate surface area is 181 Å². The van der Waals surface area contributed by atoms with Crippen LogP contribution in [-0.2, 0) is 16.6 Å². The highest BCUT2D eigenvalue weighted by Gasteiger charge is 2.22. The molecule has 0 saturated carbocycles. The van der Waals surface area contributed by atoms with E-state index in [4.69, 9.17) is 16.3 Å². The van der Waals surface area contributed by atoms with Gasteiger partial charge < -0.3 is 9.64 Å². The average molecular weight is 445 g/mol. The Morgan fingerprint density at radius 3 is 2.33 bits per heavy atom. The standard InChI is InChI=1S/C22H21ClN2O4S/c1-25(15-16-6-4-3-5-7-16)22(26)17-8-13-20(23)21(14-17)30(27,28)24-18-9-11-19(29-2)12-10-18/h3-14,24H,15H2,1-2H3. The first-order valence-corrected chi connectivity index (χ1v) is 10.9. The molecule has 0 aliphatic carbocycles. The Morgan fingerprint density at radius 1 is 1.03 bits per heavy atom. The summed E-state index contributed by atoms with van der Waals surface area (Å²) in [5.74, 6) is 0.293. The lowest BCUT2D eigenvalue weighted by molar-refractivity contribution is 0.0785. The fourth-order valence-corrected chi connectivity index (χ4v) is 4.45. The van der Waals surface area contributed by atoms with Crippen LogP contribution >= 0.6 is 11.6 Å². The molecule has 0 heterocycles. The molecule has 0 unspecified atom stereocenters. The van der Waals surface area contributed by atoms with Crippen LogP contribution in [-0.4, -0.2) is 33.4 Å². The van der Waals surface area contributed by atoms with E-state index in [1.807, 2.05) is 30.3 Å². The zero-order valence-corrected chi connectivity index (χ0v) is 18.1. The zero-order chi connectivity index (χ0) is 21.7.